The molecular formula is C63H49N. The van der Waals surface area contributed by atoms with Crippen LogP contribution in [0, 0.1) is 13.8 Å². The average molecular weight is 820 g/mol. The average Bonchev–Trinajstić information content (AvgIpc) is 3.96. The molecule has 306 valence electrons. The molecule has 0 fully saturated rings. The number of hydrogen-bond donors (Lipinski definition) is 0. The Morgan fingerprint density at radius 3 is 1.56 bits per heavy atom. The van der Waals surface area contributed by atoms with Crippen LogP contribution in [0.1, 0.15) is 83.3 Å². The first-order valence-electron chi connectivity index (χ1n) is 22.9. The van der Waals surface area contributed by atoms with Crippen LogP contribution in [0.2, 0.25) is 0 Å². The monoisotopic (exact) mass is 819 g/mol. The third-order valence-electron chi connectivity index (χ3n) is 15.7. The van der Waals surface area contributed by atoms with Crippen LogP contribution < -0.4 is 4.90 Å². The van der Waals surface area contributed by atoms with Crippen LogP contribution in [-0.4, -0.2) is 0 Å². The Hall–Kier alpha value is -7.22. The summed E-state index contributed by atoms with van der Waals surface area (Å²) in [6.45, 7) is 14.1. The zero-order chi connectivity index (χ0) is 43.3. The topological polar surface area (TPSA) is 3.24 Å². The first-order chi connectivity index (χ1) is 31.1. The molecule has 0 N–H and O–H groups in total. The summed E-state index contributed by atoms with van der Waals surface area (Å²) in [6, 6.07) is 71.8. The molecule has 0 amide bonds. The molecule has 4 aliphatic rings. The van der Waals surface area contributed by atoms with Gasteiger partial charge in [0.1, 0.15) is 0 Å². The lowest BCUT2D eigenvalue weighted by atomic mass is 9.68. The molecule has 4 aliphatic carbocycles. The van der Waals surface area contributed by atoms with Crippen LogP contribution in [-0.2, 0) is 16.2 Å². The van der Waals surface area contributed by atoms with Gasteiger partial charge < -0.3 is 4.90 Å². The number of hydrogen-bond acceptors (Lipinski definition) is 1. The SMILES string of the molecule is Cc1cccc2c1-c1ccccc1C21c2ccccc2-c2c(C)ccc(-c3cccc(N(c4ccc5c(c4)C(C)(C)c4ccccc4-5)c4cccc5c4-c4ccccc4C5(C)C)c3)c21. The molecule has 1 heteroatoms. The maximum atomic E-state index is 2.56. The summed E-state index contributed by atoms with van der Waals surface area (Å²) in [4.78, 5) is 2.56. The molecule has 1 unspecified atom stereocenters. The van der Waals surface area contributed by atoms with Gasteiger partial charge in [-0.1, -0.05) is 185 Å². The Labute approximate surface area is 377 Å². The molecule has 0 bridgehead atoms. The number of nitrogens with zero attached hydrogens (tertiary/aromatic N) is 1. The molecule has 1 spiro atoms. The summed E-state index contributed by atoms with van der Waals surface area (Å²) in [5, 5.41) is 0. The van der Waals surface area contributed by atoms with Gasteiger partial charge in [0.25, 0.3) is 0 Å². The Kier molecular flexibility index (Phi) is 7.54. The first kappa shape index (κ1) is 37.3. The van der Waals surface area contributed by atoms with Crippen molar-refractivity contribution in [3.05, 3.63) is 244 Å². The number of fused-ring (bicyclic) bond motifs is 16. The number of anilines is 3. The van der Waals surface area contributed by atoms with Crippen molar-refractivity contribution in [3.8, 4) is 55.6 Å². The van der Waals surface area contributed by atoms with Gasteiger partial charge in [-0.2, -0.15) is 0 Å². The van der Waals surface area contributed by atoms with Crippen LogP contribution in [0.25, 0.3) is 55.6 Å². The highest BCUT2D eigenvalue weighted by molar-refractivity contribution is 6.01. The van der Waals surface area contributed by atoms with Gasteiger partial charge in [-0.3, -0.25) is 0 Å². The van der Waals surface area contributed by atoms with Crippen molar-refractivity contribution in [2.45, 2.75) is 57.8 Å². The molecule has 1 atom stereocenters. The summed E-state index contributed by atoms with van der Waals surface area (Å²) in [7, 11) is 0. The molecule has 0 aromatic heterocycles. The van der Waals surface area contributed by atoms with Crippen LogP contribution in [0.5, 0.6) is 0 Å². The number of rotatable bonds is 4. The largest absolute Gasteiger partial charge is 0.310 e. The lowest BCUT2D eigenvalue weighted by Crippen LogP contribution is -2.26. The molecule has 1 nitrogen and oxygen atoms in total. The second-order valence-electron chi connectivity index (χ2n) is 19.7. The van der Waals surface area contributed by atoms with Crippen LogP contribution in [0.15, 0.2) is 188 Å². The summed E-state index contributed by atoms with van der Waals surface area (Å²) in [6.07, 6.45) is 0. The lowest BCUT2D eigenvalue weighted by molar-refractivity contribution is 0.660. The minimum atomic E-state index is -0.461. The molecule has 9 aromatic rings. The molecule has 0 heterocycles. The van der Waals surface area contributed by atoms with Crippen molar-refractivity contribution >= 4 is 17.1 Å². The van der Waals surface area contributed by atoms with E-state index in [1.165, 1.54) is 123 Å². The highest BCUT2D eigenvalue weighted by Gasteiger charge is 2.53. The Bertz CT molecular complexity index is 3470. The van der Waals surface area contributed by atoms with Crippen molar-refractivity contribution in [1.29, 1.82) is 0 Å². The Morgan fingerprint density at radius 1 is 0.328 bits per heavy atom. The van der Waals surface area contributed by atoms with E-state index in [-0.39, 0.29) is 10.8 Å². The summed E-state index contributed by atoms with van der Waals surface area (Å²) < 4.78 is 0. The molecular weight excluding hydrogens is 771 g/mol. The van der Waals surface area contributed by atoms with E-state index in [0.29, 0.717) is 0 Å². The van der Waals surface area contributed by atoms with Gasteiger partial charge in [0.15, 0.2) is 0 Å². The summed E-state index contributed by atoms with van der Waals surface area (Å²) >= 11 is 0. The van der Waals surface area contributed by atoms with Gasteiger partial charge in [-0.25, -0.2) is 0 Å². The van der Waals surface area contributed by atoms with Gasteiger partial charge in [0.05, 0.1) is 11.1 Å². The van der Waals surface area contributed by atoms with Crippen molar-refractivity contribution in [3.63, 3.8) is 0 Å². The van der Waals surface area contributed by atoms with Gasteiger partial charge in [-0.15, -0.1) is 0 Å². The van der Waals surface area contributed by atoms with E-state index in [4.69, 9.17) is 0 Å². The van der Waals surface area contributed by atoms with Gasteiger partial charge in [0, 0.05) is 27.8 Å². The second-order valence-corrected chi connectivity index (χ2v) is 19.7. The lowest BCUT2D eigenvalue weighted by Gasteiger charge is -2.33. The van der Waals surface area contributed by atoms with E-state index in [1.54, 1.807) is 0 Å². The fraction of sp³-hybridized carbons (Fsp3) is 0.143. The fourth-order valence-electron chi connectivity index (χ4n) is 12.9. The standard InChI is InChI=1S/C63H49N/c1-38-18-15-30-54-57(38)47-23-9-13-27-51(47)63(54)52-28-14-10-24-48(52)58-39(2)32-34-43(60(58)63)40-19-16-20-41(36-40)64(42-33-35-45-44-21-7-11-25-49(44)62(5,6)55(45)37-42)56-31-17-29-53-59(56)46-22-8-12-26-50(46)61(53,3)4/h7-37H,1-6H3. The van der Waals surface area contributed by atoms with Crippen LogP contribution >= 0.6 is 0 Å². The van der Waals surface area contributed by atoms with E-state index in [2.05, 4.69) is 234 Å². The zero-order valence-electron chi connectivity index (χ0n) is 37.3. The van der Waals surface area contributed by atoms with Gasteiger partial charge in [-0.05, 0) is 150 Å². The van der Waals surface area contributed by atoms with E-state index in [9.17, 15) is 0 Å². The van der Waals surface area contributed by atoms with Crippen molar-refractivity contribution in [1.82, 2.24) is 0 Å². The predicted molar refractivity (Wildman–Crippen MR) is 267 cm³/mol. The van der Waals surface area contributed by atoms with E-state index in [0.717, 1.165) is 5.69 Å². The predicted octanol–water partition coefficient (Wildman–Crippen LogP) is 16.4. The third-order valence-corrected chi connectivity index (χ3v) is 15.7. The van der Waals surface area contributed by atoms with E-state index < -0.39 is 5.41 Å². The van der Waals surface area contributed by atoms with Crippen LogP contribution in [0.4, 0.5) is 17.1 Å². The van der Waals surface area contributed by atoms with Crippen molar-refractivity contribution in [2.24, 2.45) is 0 Å². The van der Waals surface area contributed by atoms with Gasteiger partial charge >= 0.3 is 0 Å². The highest BCUT2D eigenvalue weighted by Crippen LogP contribution is 2.66. The van der Waals surface area contributed by atoms with Crippen molar-refractivity contribution < 1.29 is 0 Å². The molecule has 64 heavy (non-hydrogen) atoms. The summed E-state index contributed by atoms with van der Waals surface area (Å²) in [5.74, 6) is 0. The van der Waals surface area contributed by atoms with E-state index >= 15 is 0 Å². The normalized spacial score (nSPS) is 16.9. The molecule has 0 saturated carbocycles. The fourth-order valence-corrected chi connectivity index (χ4v) is 12.9. The van der Waals surface area contributed by atoms with Crippen LogP contribution in [0.3, 0.4) is 0 Å². The molecule has 0 aliphatic heterocycles. The minimum Gasteiger partial charge on any atom is -0.310 e. The molecule has 0 radical (unpaired) electrons. The van der Waals surface area contributed by atoms with E-state index in [1.807, 2.05) is 0 Å². The van der Waals surface area contributed by atoms with Gasteiger partial charge in [0.2, 0.25) is 0 Å². The molecule has 0 saturated heterocycles. The second kappa shape index (κ2) is 12.9. The smallest absolute Gasteiger partial charge is 0.0731 e. The zero-order valence-corrected chi connectivity index (χ0v) is 37.3. The third kappa shape index (κ3) is 4.64. The highest BCUT2D eigenvalue weighted by atomic mass is 15.1. The molecule has 9 aromatic carbocycles. The number of benzene rings is 9. The minimum absolute atomic E-state index is 0.130. The first-order valence-corrected chi connectivity index (χ1v) is 22.9. The summed E-state index contributed by atoms with van der Waals surface area (Å²) in [5.41, 5.74) is 29.6. The number of aryl methyl sites for hydroxylation is 2. The maximum Gasteiger partial charge on any atom is 0.0731 e. The molecule has 13 rings (SSSR count). The maximum absolute atomic E-state index is 2.56. The Balaban J connectivity index is 1.08. The van der Waals surface area contributed by atoms with Crippen molar-refractivity contribution in [2.75, 3.05) is 4.90 Å². The Morgan fingerprint density at radius 2 is 0.828 bits per heavy atom. The quantitative estimate of drug-likeness (QED) is 0.171.